The standard InChI is InChI=1S/2C16H13.2C6H5.2CH3.Hf.H2Si/c2*1-12-8-10-14(11-9-12)16-7-3-5-13-4-2-6-15(13)16;2*1-2-4-6-5-3-1;;;;/h2*2-11H,1H3;2*1-5H;2*1H3;;1H2. The van der Waals surface area contributed by atoms with Crippen LogP contribution in [0, 0.1) is 13.8 Å². The first-order valence-corrected chi connectivity index (χ1v) is 40.6. The van der Waals surface area contributed by atoms with E-state index < -0.39 is 14.2 Å². The molecule has 0 saturated carbocycles. The molecule has 48 heavy (non-hydrogen) atoms. The minimum absolute atomic E-state index is 0.182. The van der Waals surface area contributed by atoms with Gasteiger partial charge in [-0.3, -0.25) is 0 Å². The summed E-state index contributed by atoms with van der Waals surface area (Å²) in [5.74, 6) is 0. The average molecular weight is 803 g/mol. The van der Waals surface area contributed by atoms with Crippen LogP contribution in [0.25, 0.3) is 34.4 Å². The van der Waals surface area contributed by atoms with Gasteiger partial charge < -0.3 is 0 Å². The van der Waals surface area contributed by atoms with Crippen molar-refractivity contribution in [3.63, 3.8) is 0 Å². The number of aryl methyl sites for hydroxylation is 2. The molecule has 2 atom stereocenters. The zero-order valence-electron chi connectivity index (χ0n) is 28.5. The maximum absolute atomic E-state index is 5.92. The van der Waals surface area contributed by atoms with Crippen molar-refractivity contribution in [2.75, 3.05) is 0 Å². The van der Waals surface area contributed by atoms with E-state index in [1.165, 1.54) is 62.3 Å². The van der Waals surface area contributed by atoms with Crippen LogP contribution in [0.2, 0.25) is 9.36 Å². The van der Waals surface area contributed by atoms with Gasteiger partial charge in [0.2, 0.25) is 0 Å². The summed E-state index contributed by atoms with van der Waals surface area (Å²) in [6, 6.07) is 55.5. The zero-order chi connectivity index (χ0) is 33.3. The molecule has 2 aliphatic carbocycles. The summed E-state index contributed by atoms with van der Waals surface area (Å²) < 4.78 is 8.94. The van der Waals surface area contributed by atoms with Crippen molar-refractivity contribution in [3.8, 4) is 22.3 Å². The minimum atomic E-state index is -5.92. The molecule has 2 heteroatoms. The number of hydrogen-bond acceptors (Lipinski definition) is 0. The van der Waals surface area contributed by atoms with Gasteiger partial charge in [0, 0.05) is 0 Å². The van der Waals surface area contributed by atoms with Gasteiger partial charge in [-0.05, 0) is 0 Å². The van der Waals surface area contributed by atoms with Gasteiger partial charge >= 0.3 is 284 Å². The van der Waals surface area contributed by atoms with Crippen LogP contribution in [0.15, 0.2) is 158 Å². The van der Waals surface area contributed by atoms with E-state index in [1.54, 1.807) is 0 Å². The molecular weight excluding hydrogens is 759 g/mol. The van der Waals surface area contributed by atoms with Crippen molar-refractivity contribution in [1.82, 2.24) is 0 Å². The van der Waals surface area contributed by atoms with E-state index in [1.807, 2.05) is 0 Å². The molecule has 2 aliphatic rings. The van der Waals surface area contributed by atoms with Gasteiger partial charge in [0.15, 0.2) is 0 Å². The fourth-order valence-corrected chi connectivity index (χ4v) is 57.5. The third-order valence-corrected chi connectivity index (χ3v) is 70.5. The van der Waals surface area contributed by atoms with E-state index in [0.29, 0.717) is 0 Å². The summed E-state index contributed by atoms with van der Waals surface area (Å²) in [5, 5.41) is 0. The maximum atomic E-state index is 2.79. The summed E-state index contributed by atoms with van der Waals surface area (Å²) in [6.45, 7) is 6.75. The molecule has 0 amide bonds. The average Bonchev–Trinajstić information content (AvgIpc) is 3.78. The van der Waals surface area contributed by atoms with Gasteiger partial charge in [-0.25, -0.2) is 0 Å². The molecule has 0 heterocycles. The third kappa shape index (κ3) is 3.91. The molecule has 0 nitrogen and oxygen atoms in total. The molecule has 0 spiro atoms. The van der Waals surface area contributed by atoms with Gasteiger partial charge in [-0.2, -0.15) is 0 Å². The van der Waals surface area contributed by atoms with Gasteiger partial charge in [0.25, 0.3) is 0 Å². The molecule has 0 bridgehead atoms. The number of benzene rings is 6. The number of allylic oxidation sites excluding steroid dienone is 2. The van der Waals surface area contributed by atoms with Crippen molar-refractivity contribution >= 4 is 25.7 Å². The monoisotopic (exact) mass is 804 g/mol. The molecule has 0 radical (unpaired) electrons. The SMILES string of the molecule is Cc1ccc(-c2cccc3c2C=C[CH]3[Hf]([CH3])([CH3])(=[SiH2])([c]2ccccc2)([c]2ccccc2)[CH]2C=Cc3c(-c4ccc(C)cc4)cccc32)cc1. The molecule has 6 aromatic rings. The summed E-state index contributed by atoms with van der Waals surface area (Å²) >= 11 is -5.92. The molecule has 0 fully saturated rings. The van der Waals surface area contributed by atoms with Gasteiger partial charge in [-0.15, -0.1) is 0 Å². The molecule has 0 aromatic heterocycles. The van der Waals surface area contributed by atoms with Crippen LogP contribution in [-0.2, 0) is 14.2 Å². The van der Waals surface area contributed by atoms with Crippen molar-refractivity contribution in [1.29, 1.82) is 0 Å². The van der Waals surface area contributed by atoms with Crippen molar-refractivity contribution in [2.45, 2.75) is 30.6 Å². The van der Waals surface area contributed by atoms with Gasteiger partial charge in [0.05, 0.1) is 0 Å². The molecule has 0 saturated heterocycles. The first kappa shape index (κ1) is 31.2. The second-order valence-corrected chi connectivity index (χ2v) is 85.3. The van der Waals surface area contributed by atoms with E-state index in [-0.39, 0.29) is 7.35 Å². The Kier molecular flexibility index (Phi) is 6.47. The Labute approximate surface area is 282 Å². The van der Waals surface area contributed by atoms with Crippen molar-refractivity contribution < 1.29 is 14.2 Å². The fraction of sp³-hybridized carbons (Fsp3) is 0.130. The predicted octanol–water partition coefficient (Wildman–Crippen LogP) is 10.5. The number of fused-ring (bicyclic) bond motifs is 2. The van der Waals surface area contributed by atoms with Crippen LogP contribution in [-0.4, -0.2) is 6.94 Å². The normalized spacial score (nSPS) is 18.7. The Bertz CT molecular complexity index is 2250. The molecule has 2 unspecified atom stereocenters. The van der Waals surface area contributed by atoms with E-state index in [0.717, 1.165) is 0 Å². The quantitative estimate of drug-likeness (QED) is 0.147. The molecule has 0 aliphatic heterocycles. The second-order valence-electron chi connectivity index (χ2n) is 16.7. The Morgan fingerprint density at radius 1 is 0.438 bits per heavy atom. The van der Waals surface area contributed by atoms with E-state index in [2.05, 4.69) is 200 Å². The number of rotatable bonds is 6. The summed E-state index contributed by atoms with van der Waals surface area (Å²) in [4.78, 5) is 0. The van der Waals surface area contributed by atoms with Crippen LogP contribution in [0.1, 0.15) is 40.7 Å². The molecule has 8 rings (SSSR count). The van der Waals surface area contributed by atoms with E-state index in [4.69, 9.17) is 0 Å². The molecular formula is C46H44HfSi. The van der Waals surface area contributed by atoms with Crippen LogP contribution >= 0.6 is 0 Å². The van der Waals surface area contributed by atoms with E-state index in [9.17, 15) is 0 Å². The van der Waals surface area contributed by atoms with Crippen molar-refractivity contribution in [2.24, 2.45) is 0 Å². The van der Waals surface area contributed by atoms with Gasteiger partial charge in [-0.1, -0.05) is 0 Å². The predicted molar refractivity (Wildman–Crippen MR) is 209 cm³/mol. The topological polar surface area (TPSA) is 0 Å². The molecule has 236 valence electrons. The Hall–Kier alpha value is -4.11. The second kappa shape index (κ2) is 9.97. The van der Waals surface area contributed by atoms with Crippen LogP contribution in [0.5, 0.6) is 0 Å². The van der Waals surface area contributed by atoms with Crippen LogP contribution in [0.3, 0.4) is 0 Å². The molecule has 0 N–H and O–H groups in total. The van der Waals surface area contributed by atoms with Crippen LogP contribution < -0.4 is 6.64 Å². The summed E-state index contributed by atoms with van der Waals surface area (Å²) in [6.07, 6.45) is 10.1. The zero-order valence-corrected chi connectivity index (χ0v) is 33.5. The Balaban J connectivity index is 1.50. The fourth-order valence-electron chi connectivity index (χ4n) is 10.2. The van der Waals surface area contributed by atoms with Crippen molar-refractivity contribution in [3.05, 3.63) is 191 Å². The summed E-state index contributed by atoms with van der Waals surface area (Å²) in [7, 11) is 0. The van der Waals surface area contributed by atoms with Crippen LogP contribution in [0.4, 0.5) is 0 Å². The third-order valence-electron chi connectivity index (χ3n) is 13.3. The Morgan fingerprint density at radius 2 is 0.812 bits per heavy atom. The first-order chi connectivity index (χ1) is 23.0. The number of hydrogen-bond donors (Lipinski definition) is 0. The molecule has 6 aromatic carbocycles. The van der Waals surface area contributed by atoms with Gasteiger partial charge in [0.1, 0.15) is 0 Å². The van der Waals surface area contributed by atoms with E-state index >= 15 is 0 Å². The first-order valence-electron chi connectivity index (χ1n) is 17.4. The Morgan fingerprint density at radius 3 is 1.19 bits per heavy atom. The summed E-state index contributed by atoms with van der Waals surface area (Å²) in [5.41, 5.74) is 13.4.